The molecule has 108 valence electrons. The van der Waals surface area contributed by atoms with Crippen molar-refractivity contribution in [2.75, 3.05) is 11.9 Å². The molecule has 1 heterocycles. The summed E-state index contributed by atoms with van der Waals surface area (Å²) in [6, 6.07) is 1.80. The first kappa shape index (κ1) is 15.7. The Hall–Kier alpha value is -1.37. The van der Waals surface area contributed by atoms with E-state index in [1.807, 2.05) is 20.8 Å². The zero-order valence-electron chi connectivity index (χ0n) is 11.1. The quantitative estimate of drug-likeness (QED) is 0.888. The van der Waals surface area contributed by atoms with Gasteiger partial charge in [0, 0.05) is 0 Å². The highest BCUT2D eigenvalue weighted by Crippen LogP contribution is 2.27. The van der Waals surface area contributed by atoms with E-state index in [9.17, 15) is 18.3 Å². The van der Waals surface area contributed by atoms with Crippen molar-refractivity contribution in [3.63, 3.8) is 0 Å². The minimum absolute atomic E-state index is 0.0142. The van der Waals surface area contributed by atoms with Crippen molar-refractivity contribution in [3.05, 3.63) is 17.8 Å². The maximum atomic E-state index is 12.3. The van der Waals surface area contributed by atoms with Crippen molar-refractivity contribution < 1.29 is 18.3 Å². The third-order valence-corrected chi connectivity index (χ3v) is 2.39. The highest BCUT2D eigenvalue weighted by Gasteiger charge is 2.33. The molecule has 4 nitrogen and oxygen atoms in total. The van der Waals surface area contributed by atoms with E-state index in [4.69, 9.17) is 0 Å². The Morgan fingerprint density at radius 1 is 1.21 bits per heavy atom. The summed E-state index contributed by atoms with van der Waals surface area (Å²) in [5.41, 5.74) is -1.05. The highest BCUT2D eigenvalue weighted by atomic mass is 19.4. The smallest absolute Gasteiger partial charge is 0.394 e. The molecule has 0 saturated carbocycles. The molecule has 0 fully saturated rings. The average molecular weight is 277 g/mol. The van der Waals surface area contributed by atoms with Gasteiger partial charge in [0.25, 0.3) is 0 Å². The fourth-order valence-corrected chi connectivity index (χ4v) is 1.67. The second kappa shape index (κ2) is 5.73. The van der Waals surface area contributed by atoms with Crippen LogP contribution < -0.4 is 5.32 Å². The third-order valence-electron chi connectivity index (χ3n) is 2.39. The summed E-state index contributed by atoms with van der Waals surface area (Å²) in [7, 11) is 0. The number of nitrogens with zero attached hydrogens (tertiary/aromatic N) is 2. The number of hydrogen-bond acceptors (Lipinski definition) is 4. The second-order valence-corrected chi connectivity index (χ2v) is 5.59. The van der Waals surface area contributed by atoms with E-state index in [0.717, 1.165) is 6.07 Å². The maximum Gasteiger partial charge on any atom is 0.435 e. The first-order chi connectivity index (χ1) is 8.62. The van der Waals surface area contributed by atoms with E-state index in [1.165, 1.54) is 6.07 Å². The molecule has 0 radical (unpaired) electrons. The van der Waals surface area contributed by atoms with Crippen LogP contribution in [0.1, 0.15) is 32.9 Å². The van der Waals surface area contributed by atoms with Crippen molar-refractivity contribution in [2.45, 2.75) is 39.4 Å². The van der Waals surface area contributed by atoms with E-state index in [2.05, 4.69) is 15.5 Å². The summed E-state index contributed by atoms with van der Waals surface area (Å²) < 4.78 is 36.9. The number of halogens is 3. The topological polar surface area (TPSA) is 58.0 Å². The predicted molar refractivity (Wildman–Crippen MR) is 65.6 cm³/mol. The molecule has 1 aromatic rings. The molecule has 19 heavy (non-hydrogen) atoms. The predicted octanol–water partition coefficient (Wildman–Crippen LogP) is 2.70. The van der Waals surface area contributed by atoms with E-state index < -0.39 is 11.9 Å². The zero-order valence-corrected chi connectivity index (χ0v) is 11.1. The van der Waals surface area contributed by atoms with Crippen LogP contribution in [-0.2, 0) is 6.18 Å². The zero-order chi connectivity index (χ0) is 14.7. The van der Waals surface area contributed by atoms with Gasteiger partial charge in [-0.2, -0.15) is 13.2 Å². The minimum Gasteiger partial charge on any atom is -0.394 e. The number of rotatable bonds is 4. The summed E-state index contributed by atoms with van der Waals surface area (Å²) in [5.74, 6) is 0.219. The largest absolute Gasteiger partial charge is 0.435 e. The van der Waals surface area contributed by atoms with Gasteiger partial charge in [-0.3, -0.25) is 0 Å². The van der Waals surface area contributed by atoms with Crippen LogP contribution in [0, 0.1) is 5.41 Å². The number of alkyl halides is 3. The summed E-state index contributed by atoms with van der Waals surface area (Å²) in [6.07, 6.45) is -3.83. The number of aliphatic hydroxyl groups is 1. The normalized spacial score (nSPS) is 14.3. The lowest BCUT2D eigenvalue weighted by Gasteiger charge is -2.25. The van der Waals surface area contributed by atoms with Gasteiger partial charge >= 0.3 is 6.18 Å². The first-order valence-electron chi connectivity index (χ1n) is 5.90. The Morgan fingerprint density at radius 2 is 1.84 bits per heavy atom. The van der Waals surface area contributed by atoms with Crippen molar-refractivity contribution in [2.24, 2.45) is 5.41 Å². The van der Waals surface area contributed by atoms with E-state index in [1.54, 1.807) is 0 Å². The number of aliphatic hydroxyl groups excluding tert-OH is 1. The van der Waals surface area contributed by atoms with Crippen molar-refractivity contribution in [1.82, 2.24) is 10.2 Å². The number of nitrogens with one attached hydrogen (secondary N) is 1. The molecule has 2 N–H and O–H groups in total. The molecule has 0 aromatic carbocycles. The highest BCUT2D eigenvalue weighted by molar-refractivity contribution is 5.34. The molecular weight excluding hydrogens is 259 g/mol. The van der Waals surface area contributed by atoms with Crippen LogP contribution in [0.5, 0.6) is 0 Å². The number of anilines is 1. The Morgan fingerprint density at radius 3 is 2.21 bits per heavy atom. The Labute approximate surface area is 110 Å². The van der Waals surface area contributed by atoms with E-state index in [0.29, 0.717) is 6.42 Å². The molecule has 0 saturated heterocycles. The molecule has 0 spiro atoms. The van der Waals surface area contributed by atoms with Gasteiger partial charge in [-0.15, -0.1) is 10.2 Å². The molecule has 7 heteroatoms. The lowest BCUT2D eigenvalue weighted by Crippen LogP contribution is -2.29. The molecular formula is C12H18F3N3O. The summed E-state index contributed by atoms with van der Waals surface area (Å²) in [5, 5.41) is 18.7. The lowest BCUT2D eigenvalue weighted by atomic mass is 9.88. The molecule has 0 aliphatic heterocycles. The molecule has 1 aromatic heterocycles. The van der Waals surface area contributed by atoms with Crippen LogP contribution in [0.25, 0.3) is 0 Å². The SMILES string of the molecule is CC(C)(C)CC(CO)Nc1ccc(C(F)(F)F)nn1. The number of aromatic nitrogens is 2. The van der Waals surface area contributed by atoms with Crippen LogP contribution in [0.4, 0.5) is 19.0 Å². The minimum atomic E-state index is -4.49. The van der Waals surface area contributed by atoms with Crippen LogP contribution in [0.2, 0.25) is 0 Å². The first-order valence-corrected chi connectivity index (χ1v) is 5.90. The van der Waals surface area contributed by atoms with E-state index in [-0.39, 0.29) is 23.9 Å². The molecule has 0 aliphatic rings. The van der Waals surface area contributed by atoms with Crippen LogP contribution >= 0.6 is 0 Å². The monoisotopic (exact) mass is 277 g/mol. The van der Waals surface area contributed by atoms with Crippen LogP contribution in [0.15, 0.2) is 12.1 Å². The Kier molecular flexibility index (Phi) is 4.73. The average Bonchev–Trinajstić information content (AvgIpc) is 2.26. The van der Waals surface area contributed by atoms with Gasteiger partial charge in [-0.25, -0.2) is 0 Å². The number of hydrogen-bond donors (Lipinski definition) is 2. The van der Waals surface area contributed by atoms with Crippen molar-refractivity contribution >= 4 is 5.82 Å². The Balaban J connectivity index is 2.71. The van der Waals surface area contributed by atoms with Crippen molar-refractivity contribution in [3.8, 4) is 0 Å². The lowest BCUT2D eigenvalue weighted by molar-refractivity contribution is -0.141. The molecule has 0 aliphatic carbocycles. The molecule has 1 unspecified atom stereocenters. The Bertz CT molecular complexity index is 398. The van der Waals surface area contributed by atoms with Gasteiger partial charge < -0.3 is 10.4 Å². The maximum absolute atomic E-state index is 12.3. The molecule has 1 atom stereocenters. The van der Waals surface area contributed by atoms with Crippen LogP contribution in [0.3, 0.4) is 0 Å². The van der Waals surface area contributed by atoms with Gasteiger partial charge in [0.1, 0.15) is 5.82 Å². The van der Waals surface area contributed by atoms with Gasteiger partial charge in [-0.1, -0.05) is 20.8 Å². The molecule has 0 amide bonds. The summed E-state index contributed by atoms with van der Waals surface area (Å²) >= 11 is 0. The summed E-state index contributed by atoms with van der Waals surface area (Å²) in [4.78, 5) is 0. The standard InChI is InChI=1S/C12H18F3N3O/c1-11(2,3)6-8(7-19)16-10-5-4-9(17-18-10)12(13,14)15/h4-5,8,19H,6-7H2,1-3H3,(H,16,18). The van der Waals surface area contributed by atoms with Gasteiger partial charge in [0.15, 0.2) is 5.69 Å². The van der Waals surface area contributed by atoms with Gasteiger partial charge in [0.05, 0.1) is 12.6 Å². The van der Waals surface area contributed by atoms with Crippen LogP contribution in [-0.4, -0.2) is 28.0 Å². The fraction of sp³-hybridized carbons (Fsp3) is 0.667. The third kappa shape index (κ3) is 5.42. The van der Waals surface area contributed by atoms with E-state index >= 15 is 0 Å². The molecule has 1 rings (SSSR count). The fourth-order valence-electron chi connectivity index (χ4n) is 1.67. The van der Waals surface area contributed by atoms with Gasteiger partial charge in [0.2, 0.25) is 0 Å². The summed E-state index contributed by atoms with van der Waals surface area (Å²) in [6.45, 7) is 5.90. The van der Waals surface area contributed by atoms with Gasteiger partial charge in [-0.05, 0) is 24.0 Å². The van der Waals surface area contributed by atoms with Crippen molar-refractivity contribution in [1.29, 1.82) is 0 Å². The molecule has 0 bridgehead atoms. The second-order valence-electron chi connectivity index (χ2n) is 5.59.